The second kappa shape index (κ2) is 13.8. The van der Waals surface area contributed by atoms with Gasteiger partial charge in [-0.3, -0.25) is 4.79 Å². The van der Waals surface area contributed by atoms with Crippen LogP contribution in [0.25, 0.3) is 0 Å². The smallest absolute Gasteiger partial charge is 0.550 e. The summed E-state index contributed by atoms with van der Waals surface area (Å²) < 4.78 is 5.98. The normalized spacial score (nSPS) is 27.8. The maximum atomic E-state index is 12.6. The van der Waals surface area contributed by atoms with Crippen LogP contribution in [0.4, 0.5) is 0 Å². The van der Waals surface area contributed by atoms with Gasteiger partial charge in [0.2, 0.25) is 0 Å². The van der Waals surface area contributed by atoms with Gasteiger partial charge in [-0.1, -0.05) is 45.4 Å². The van der Waals surface area contributed by atoms with Crippen LogP contribution in [0.15, 0.2) is 23.8 Å². The number of esters is 1. The molecule has 2 N–H and O–H groups in total. The number of fused-ring (bicyclic) bond motifs is 1. The first-order valence-electron chi connectivity index (χ1n) is 11.4. The first kappa shape index (κ1) is 28.4. The Hall–Kier alpha value is -0.660. The topological polar surface area (TPSA) is 107 Å². The second-order valence-electron chi connectivity index (χ2n) is 9.05. The molecule has 0 aromatic rings. The number of carbonyl (C=O) groups is 2. The number of rotatable bonds is 11. The fourth-order valence-corrected chi connectivity index (χ4v) is 4.86. The van der Waals surface area contributed by atoms with Crippen LogP contribution < -0.4 is 34.7 Å². The zero-order chi connectivity index (χ0) is 22.3. The number of aliphatic hydroxyl groups excluding tert-OH is 2. The van der Waals surface area contributed by atoms with Crippen molar-refractivity contribution in [2.75, 3.05) is 0 Å². The summed E-state index contributed by atoms with van der Waals surface area (Å²) in [5, 5.41) is 30.6. The standard InChI is InChI=1S/C24H38O6.Na/c1-4-6-16(3)24(29)30-21-8-5-7-17-10-9-15(2)20(23(17)21)12-11-18(25)13-19(26)14-22(27)28;/h7,9-10,15-16,18-21,23,25-26H,4-6,8,11-14H2,1-3H3,(H,27,28);/q;+1/p-1/t15-,16?,18+,19+,20-,21-,23-;/m0./s1. The van der Waals surface area contributed by atoms with Gasteiger partial charge in [0.1, 0.15) is 6.10 Å². The first-order chi connectivity index (χ1) is 14.2. The predicted octanol–water partition coefficient (Wildman–Crippen LogP) is -0.471. The van der Waals surface area contributed by atoms with E-state index in [1.807, 2.05) is 6.92 Å². The first-order valence-corrected chi connectivity index (χ1v) is 11.4. The largest absolute Gasteiger partial charge is 1.00 e. The molecule has 31 heavy (non-hydrogen) atoms. The van der Waals surface area contributed by atoms with Crippen molar-refractivity contribution in [3.05, 3.63) is 23.8 Å². The minimum atomic E-state index is -1.32. The molecule has 0 bridgehead atoms. The van der Waals surface area contributed by atoms with Gasteiger partial charge >= 0.3 is 35.5 Å². The summed E-state index contributed by atoms with van der Waals surface area (Å²) in [6, 6.07) is 0. The predicted molar refractivity (Wildman–Crippen MR) is 112 cm³/mol. The summed E-state index contributed by atoms with van der Waals surface area (Å²) in [6.45, 7) is 6.12. The molecule has 0 saturated heterocycles. The maximum absolute atomic E-state index is 12.6. The van der Waals surface area contributed by atoms with Gasteiger partial charge in [0, 0.05) is 18.3 Å². The van der Waals surface area contributed by atoms with Crippen molar-refractivity contribution in [1.82, 2.24) is 0 Å². The van der Waals surface area contributed by atoms with Crippen LogP contribution in [0.1, 0.15) is 72.1 Å². The Balaban J connectivity index is 0.00000480. The minimum absolute atomic E-state index is 0. The van der Waals surface area contributed by atoms with Gasteiger partial charge in [0.05, 0.1) is 18.1 Å². The third kappa shape index (κ3) is 8.65. The summed E-state index contributed by atoms with van der Waals surface area (Å²) in [5.41, 5.74) is 1.21. The third-order valence-electron chi connectivity index (χ3n) is 6.52. The molecule has 0 amide bonds. The molecule has 0 radical (unpaired) electrons. The van der Waals surface area contributed by atoms with Gasteiger partial charge in [-0.05, 0) is 55.9 Å². The molecule has 2 rings (SSSR count). The van der Waals surface area contributed by atoms with Crippen molar-refractivity contribution < 1.29 is 59.2 Å². The van der Waals surface area contributed by atoms with Gasteiger partial charge in [0.25, 0.3) is 0 Å². The van der Waals surface area contributed by atoms with Gasteiger partial charge in [-0.25, -0.2) is 0 Å². The molecule has 1 unspecified atom stereocenters. The molecule has 2 aliphatic carbocycles. The fourth-order valence-electron chi connectivity index (χ4n) is 4.86. The van der Waals surface area contributed by atoms with Crippen LogP contribution in [0, 0.1) is 23.7 Å². The monoisotopic (exact) mass is 444 g/mol. The zero-order valence-electron chi connectivity index (χ0n) is 19.5. The summed E-state index contributed by atoms with van der Waals surface area (Å²) in [5.74, 6) is -0.953. The molecule has 0 saturated carbocycles. The summed E-state index contributed by atoms with van der Waals surface area (Å²) in [7, 11) is 0. The van der Waals surface area contributed by atoms with Crippen LogP contribution in [0.3, 0.4) is 0 Å². The van der Waals surface area contributed by atoms with E-state index in [-0.39, 0.29) is 71.7 Å². The zero-order valence-corrected chi connectivity index (χ0v) is 21.5. The van der Waals surface area contributed by atoms with E-state index in [0.717, 1.165) is 25.7 Å². The molecule has 0 aliphatic heterocycles. The summed E-state index contributed by atoms with van der Waals surface area (Å²) in [6.07, 6.45) is 8.68. The van der Waals surface area contributed by atoms with Gasteiger partial charge < -0.3 is 24.9 Å². The molecule has 7 atom stereocenters. The number of carboxylic acid groups (broad SMARTS) is 1. The molecular weight excluding hydrogens is 407 g/mol. The van der Waals surface area contributed by atoms with E-state index in [4.69, 9.17) is 4.74 Å². The molecule has 2 aliphatic rings. The molecule has 6 nitrogen and oxygen atoms in total. The van der Waals surface area contributed by atoms with Gasteiger partial charge in [-0.15, -0.1) is 0 Å². The molecule has 0 fully saturated rings. The van der Waals surface area contributed by atoms with E-state index >= 15 is 0 Å². The fraction of sp³-hybridized carbons (Fsp3) is 0.750. The van der Waals surface area contributed by atoms with Crippen LogP contribution in [-0.2, 0) is 14.3 Å². The quantitative estimate of drug-likeness (QED) is 0.330. The number of carboxylic acids is 1. The van der Waals surface area contributed by atoms with E-state index in [9.17, 15) is 24.9 Å². The maximum Gasteiger partial charge on any atom is 1.00 e. The number of aliphatic carboxylic acids is 1. The third-order valence-corrected chi connectivity index (χ3v) is 6.52. The van der Waals surface area contributed by atoms with E-state index in [1.165, 1.54) is 5.57 Å². The molecule has 0 spiro atoms. The average molecular weight is 445 g/mol. The van der Waals surface area contributed by atoms with E-state index in [1.54, 1.807) is 0 Å². The molecule has 7 heteroatoms. The Labute approximate surface area is 208 Å². The Kier molecular flexibility index (Phi) is 12.6. The minimum Gasteiger partial charge on any atom is -0.550 e. The summed E-state index contributed by atoms with van der Waals surface area (Å²) >= 11 is 0. The Morgan fingerprint density at radius 3 is 2.61 bits per heavy atom. The molecule has 0 aromatic heterocycles. The Morgan fingerprint density at radius 1 is 1.26 bits per heavy atom. The van der Waals surface area contributed by atoms with Gasteiger partial charge in [0.15, 0.2) is 0 Å². The molecule has 170 valence electrons. The van der Waals surface area contributed by atoms with Crippen LogP contribution >= 0.6 is 0 Å². The van der Waals surface area contributed by atoms with Crippen molar-refractivity contribution in [2.45, 2.75) is 90.4 Å². The van der Waals surface area contributed by atoms with Crippen LogP contribution in [0.5, 0.6) is 0 Å². The van der Waals surface area contributed by atoms with Gasteiger partial charge in [-0.2, -0.15) is 0 Å². The van der Waals surface area contributed by atoms with Crippen molar-refractivity contribution in [3.8, 4) is 0 Å². The molecule has 0 heterocycles. The SMILES string of the molecule is CCCC(C)C(=O)O[C@H]1CCC=C2C=C[C@H](C)[C@H](CC[C@@H](O)C[C@@H](O)CC(=O)[O-])[C@H]21.[Na+]. The molecule has 0 aromatic carbocycles. The second-order valence-corrected chi connectivity index (χ2v) is 9.05. The number of allylic oxidation sites excluding steroid dienone is 3. The van der Waals surface area contributed by atoms with Crippen LogP contribution in [-0.4, -0.2) is 40.5 Å². The number of hydrogen-bond donors (Lipinski definition) is 2. The van der Waals surface area contributed by atoms with Crippen molar-refractivity contribution >= 4 is 11.9 Å². The Morgan fingerprint density at radius 2 is 1.97 bits per heavy atom. The van der Waals surface area contributed by atoms with Crippen LogP contribution in [0.2, 0.25) is 0 Å². The number of ether oxygens (including phenoxy) is 1. The van der Waals surface area contributed by atoms with Crippen molar-refractivity contribution in [2.24, 2.45) is 23.7 Å². The number of carbonyl (C=O) groups excluding carboxylic acids is 2. The number of hydrogen-bond acceptors (Lipinski definition) is 6. The van der Waals surface area contributed by atoms with Crippen molar-refractivity contribution in [1.29, 1.82) is 0 Å². The van der Waals surface area contributed by atoms with E-state index in [0.29, 0.717) is 12.8 Å². The summed E-state index contributed by atoms with van der Waals surface area (Å²) in [4.78, 5) is 23.2. The van der Waals surface area contributed by atoms with E-state index < -0.39 is 24.6 Å². The molecular formula is C24H37NaO6. The average Bonchev–Trinajstić information content (AvgIpc) is 2.66. The van der Waals surface area contributed by atoms with E-state index in [2.05, 4.69) is 32.1 Å². The Bertz CT molecular complexity index is 646. The number of aliphatic hydroxyl groups is 2. The van der Waals surface area contributed by atoms with Crippen molar-refractivity contribution in [3.63, 3.8) is 0 Å².